The standard InChI is InChI=1S/C23H36N2O6/c1-16(29-22(27)30-20(15-25)18-7-5-4-6-8-18)28-21(26)23(2,3)31-19-11-9-17(10-12-19)13-14-24/h9-12,16,18,20H,4-8,13-15,24-25H2,1-3H3. The maximum Gasteiger partial charge on any atom is 0.511 e. The molecule has 0 aromatic heterocycles. The fraction of sp³-hybridized carbons (Fsp3) is 0.652. The van der Waals surface area contributed by atoms with Crippen LogP contribution < -0.4 is 16.2 Å². The van der Waals surface area contributed by atoms with Crippen LogP contribution in [0.2, 0.25) is 0 Å². The van der Waals surface area contributed by atoms with E-state index in [9.17, 15) is 9.59 Å². The Morgan fingerprint density at radius 3 is 2.26 bits per heavy atom. The zero-order valence-corrected chi connectivity index (χ0v) is 18.8. The highest BCUT2D eigenvalue weighted by Crippen LogP contribution is 2.28. The topological polar surface area (TPSA) is 123 Å². The third kappa shape index (κ3) is 8.03. The van der Waals surface area contributed by atoms with Gasteiger partial charge in [0.1, 0.15) is 11.9 Å². The van der Waals surface area contributed by atoms with Gasteiger partial charge in [0.25, 0.3) is 0 Å². The molecule has 0 heterocycles. The summed E-state index contributed by atoms with van der Waals surface area (Å²) in [5.41, 5.74) is 11.1. The molecule has 0 saturated heterocycles. The van der Waals surface area contributed by atoms with Gasteiger partial charge in [-0.05, 0) is 63.3 Å². The monoisotopic (exact) mass is 436 g/mol. The minimum Gasteiger partial charge on any atom is -0.476 e. The van der Waals surface area contributed by atoms with Gasteiger partial charge in [0, 0.05) is 13.5 Å². The van der Waals surface area contributed by atoms with Crippen LogP contribution in [0.1, 0.15) is 58.4 Å². The van der Waals surface area contributed by atoms with E-state index >= 15 is 0 Å². The molecule has 0 aliphatic heterocycles. The van der Waals surface area contributed by atoms with Crippen molar-refractivity contribution in [3.63, 3.8) is 0 Å². The number of nitrogens with two attached hydrogens (primary N) is 2. The molecule has 4 N–H and O–H groups in total. The summed E-state index contributed by atoms with van der Waals surface area (Å²) in [7, 11) is 0. The predicted molar refractivity (Wildman–Crippen MR) is 116 cm³/mol. The van der Waals surface area contributed by atoms with Crippen molar-refractivity contribution in [2.75, 3.05) is 13.1 Å². The average molecular weight is 437 g/mol. The first-order valence-corrected chi connectivity index (χ1v) is 11.0. The highest BCUT2D eigenvalue weighted by Gasteiger charge is 2.34. The van der Waals surface area contributed by atoms with E-state index in [2.05, 4.69) is 0 Å². The highest BCUT2D eigenvalue weighted by molar-refractivity contribution is 5.79. The van der Waals surface area contributed by atoms with E-state index in [4.69, 9.17) is 30.4 Å². The maximum absolute atomic E-state index is 12.5. The Balaban J connectivity index is 1.83. The summed E-state index contributed by atoms with van der Waals surface area (Å²) >= 11 is 0. The van der Waals surface area contributed by atoms with Crippen LogP contribution in [0.3, 0.4) is 0 Å². The number of esters is 1. The van der Waals surface area contributed by atoms with Crippen molar-refractivity contribution in [2.45, 2.75) is 77.3 Å². The molecule has 1 aliphatic carbocycles. The molecule has 1 aromatic rings. The lowest BCUT2D eigenvalue weighted by atomic mass is 9.85. The fourth-order valence-corrected chi connectivity index (χ4v) is 3.67. The number of carbonyl (C=O) groups is 2. The molecule has 2 unspecified atom stereocenters. The molecule has 31 heavy (non-hydrogen) atoms. The SMILES string of the molecule is CC(OC(=O)OC(CN)C1CCCCC1)OC(=O)C(C)(C)Oc1ccc(CCN)cc1. The van der Waals surface area contributed by atoms with Gasteiger partial charge in [0.15, 0.2) is 5.60 Å². The maximum atomic E-state index is 12.5. The molecule has 2 atom stereocenters. The van der Waals surface area contributed by atoms with Crippen LogP contribution in [0.4, 0.5) is 4.79 Å². The Morgan fingerprint density at radius 2 is 1.68 bits per heavy atom. The summed E-state index contributed by atoms with van der Waals surface area (Å²) in [6.07, 6.45) is 3.74. The first-order valence-electron chi connectivity index (χ1n) is 11.0. The molecule has 1 fully saturated rings. The molecule has 1 aromatic carbocycles. The van der Waals surface area contributed by atoms with Crippen LogP contribution in [-0.4, -0.2) is 43.2 Å². The summed E-state index contributed by atoms with van der Waals surface area (Å²) in [6, 6.07) is 7.34. The quantitative estimate of drug-likeness (QED) is 0.423. The van der Waals surface area contributed by atoms with E-state index < -0.39 is 30.1 Å². The number of hydrogen-bond donors (Lipinski definition) is 2. The van der Waals surface area contributed by atoms with Crippen LogP contribution in [0.25, 0.3) is 0 Å². The lowest BCUT2D eigenvalue weighted by molar-refractivity contribution is -0.184. The van der Waals surface area contributed by atoms with Gasteiger partial charge in [0.05, 0.1) is 0 Å². The highest BCUT2D eigenvalue weighted by atomic mass is 16.8. The molecule has 1 saturated carbocycles. The number of rotatable bonds is 10. The van der Waals surface area contributed by atoms with E-state index in [0.29, 0.717) is 12.3 Å². The van der Waals surface area contributed by atoms with Gasteiger partial charge in [-0.25, -0.2) is 9.59 Å². The molecule has 0 spiro atoms. The number of ether oxygens (including phenoxy) is 4. The fourth-order valence-electron chi connectivity index (χ4n) is 3.67. The average Bonchev–Trinajstić information content (AvgIpc) is 2.74. The Hall–Kier alpha value is -2.32. The molecule has 0 bridgehead atoms. The van der Waals surface area contributed by atoms with Crippen LogP contribution >= 0.6 is 0 Å². The first kappa shape index (κ1) is 24.9. The number of hydrogen-bond acceptors (Lipinski definition) is 8. The second kappa shape index (κ2) is 11.9. The molecule has 0 amide bonds. The van der Waals surface area contributed by atoms with Gasteiger partial charge in [-0.1, -0.05) is 31.4 Å². The Bertz CT molecular complexity index is 701. The van der Waals surface area contributed by atoms with E-state index in [1.54, 1.807) is 26.0 Å². The summed E-state index contributed by atoms with van der Waals surface area (Å²) < 4.78 is 21.5. The normalized spacial score (nSPS) is 16.8. The van der Waals surface area contributed by atoms with Crippen molar-refractivity contribution in [3.05, 3.63) is 29.8 Å². The van der Waals surface area contributed by atoms with E-state index in [0.717, 1.165) is 37.7 Å². The van der Waals surface area contributed by atoms with Crippen LogP contribution in [0.15, 0.2) is 24.3 Å². The van der Waals surface area contributed by atoms with E-state index in [1.807, 2.05) is 12.1 Å². The minimum atomic E-state index is -1.28. The second-order valence-corrected chi connectivity index (χ2v) is 8.43. The predicted octanol–water partition coefficient (Wildman–Crippen LogP) is 3.30. The Kier molecular flexibility index (Phi) is 9.58. The molecule has 2 rings (SSSR count). The number of carbonyl (C=O) groups excluding carboxylic acids is 2. The molecule has 0 radical (unpaired) electrons. The van der Waals surface area contributed by atoms with Gasteiger partial charge in [-0.3, -0.25) is 0 Å². The molecule has 174 valence electrons. The molecule has 1 aliphatic rings. The van der Waals surface area contributed by atoms with E-state index in [1.165, 1.54) is 13.3 Å². The van der Waals surface area contributed by atoms with Crippen molar-refractivity contribution < 1.29 is 28.5 Å². The Morgan fingerprint density at radius 1 is 1.03 bits per heavy atom. The van der Waals surface area contributed by atoms with Crippen molar-refractivity contribution in [3.8, 4) is 5.75 Å². The van der Waals surface area contributed by atoms with Crippen molar-refractivity contribution in [1.82, 2.24) is 0 Å². The summed E-state index contributed by atoms with van der Waals surface area (Å²) in [5.74, 6) is 0.100. The van der Waals surface area contributed by atoms with Crippen LogP contribution in [0, 0.1) is 5.92 Å². The smallest absolute Gasteiger partial charge is 0.476 e. The number of benzene rings is 1. The Labute approximate surface area is 184 Å². The lowest BCUT2D eigenvalue weighted by Crippen LogP contribution is -2.42. The first-order chi connectivity index (χ1) is 14.7. The van der Waals surface area contributed by atoms with Crippen molar-refractivity contribution in [2.24, 2.45) is 17.4 Å². The van der Waals surface area contributed by atoms with Crippen LogP contribution in [0.5, 0.6) is 5.75 Å². The largest absolute Gasteiger partial charge is 0.511 e. The van der Waals surface area contributed by atoms with Crippen molar-refractivity contribution in [1.29, 1.82) is 0 Å². The summed E-state index contributed by atoms with van der Waals surface area (Å²) in [4.78, 5) is 24.7. The zero-order chi connectivity index (χ0) is 22.9. The van der Waals surface area contributed by atoms with Gasteiger partial charge in [-0.15, -0.1) is 0 Å². The molecular formula is C23H36N2O6. The second-order valence-electron chi connectivity index (χ2n) is 8.43. The minimum absolute atomic E-state index is 0.235. The summed E-state index contributed by atoms with van der Waals surface area (Å²) in [5, 5.41) is 0. The van der Waals surface area contributed by atoms with Gasteiger partial charge < -0.3 is 30.4 Å². The third-order valence-corrected chi connectivity index (χ3v) is 5.41. The molecule has 8 nitrogen and oxygen atoms in total. The third-order valence-electron chi connectivity index (χ3n) is 5.41. The zero-order valence-electron chi connectivity index (χ0n) is 18.8. The lowest BCUT2D eigenvalue weighted by Gasteiger charge is -2.29. The molecular weight excluding hydrogens is 400 g/mol. The van der Waals surface area contributed by atoms with E-state index in [-0.39, 0.29) is 12.5 Å². The van der Waals surface area contributed by atoms with Gasteiger partial charge in [-0.2, -0.15) is 0 Å². The van der Waals surface area contributed by atoms with Crippen LogP contribution in [-0.2, 0) is 25.4 Å². The summed E-state index contributed by atoms with van der Waals surface area (Å²) in [6.45, 7) is 5.42. The van der Waals surface area contributed by atoms with Gasteiger partial charge >= 0.3 is 12.1 Å². The molecule has 8 heteroatoms. The van der Waals surface area contributed by atoms with Gasteiger partial charge in [0.2, 0.25) is 6.29 Å². The van der Waals surface area contributed by atoms with Crippen molar-refractivity contribution >= 4 is 12.1 Å².